The SMILES string of the molecule is CCC(C)n1ccc(CN2CC(C)(CC)NCCC2C)n1. The summed E-state index contributed by atoms with van der Waals surface area (Å²) in [5.74, 6) is 0. The summed E-state index contributed by atoms with van der Waals surface area (Å²) < 4.78 is 2.11. The van der Waals surface area contributed by atoms with Crippen LogP contribution in [0.25, 0.3) is 0 Å². The number of rotatable bonds is 5. The number of hydrogen-bond donors (Lipinski definition) is 1. The maximum absolute atomic E-state index is 4.77. The molecule has 0 spiro atoms. The summed E-state index contributed by atoms with van der Waals surface area (Å²) in [4.78, 5) is 2.59. The molecular weight excluding hydrogens is 260 g/mol. The van der Waals surface area contributed by atoms with Crippen LogP contribution in [0.2, 0.25) is 0 Å². The van der Waals surface area contributed by atoms with E-state index in [4.69, 9.17) is 5.10 Å². The van der Waals surface area contributed by atoms with Crippen molar-refractivity contribution < 1.29 is 0 Å². The van der Waals surface area contributed by atoms with Gasteiger partial charge in [0.1, 0.15) is 0 Å². The van der Waals surface area contributed by atoms with E-state index in [1.165, 1.54) is 12.1 Å². The molecule has 3 atom stereocenters. The van der Waals surface area contributed by atoms with Gasteiger partial charge in [-0.25, -0.2) is 0 Å². The van der Waals surface area contributed by atoms with E-state index in [0.717, 1.165) is 32.5 Å². The van der Waals surface area contributed by atoms with Crippen LogP contribution in [0.15, 0.2) is 12.3 Å². The summed E-state index contributed by atoms with van der Waals surface area (Å²) in [7, 11) is 0. The Kier molecular flexibility index (Phi) is 5.44. The first kappa shape index (κ1) is 16.5. The van der Waals surface area contributed by atoms with E-state index in [1.54, 1.807) is 0 Å². The molecule has 120 valence electrons. The fourth-order valence-electron chi connectivity index (χ4n) is 2.98. The predicted octanol–water partition coefficient (Wildman–Crippen LogP) is 3.21. The van der Waals surface area contributed by atoms with Gasteiger partial charge in [0, 0.05) is 36.9 Å². The maximum atomic E-state index is 4.77. The summed E-state index contributed by atoms with van der Waals surface area (Å²) in [6.07, 6.45) is 5.63. The summed E-state index contributed by atoms with van der Waals surface area (Å²) in [5, 5.41) is 8.49. The van der Waals surface area contributed by atoms with Gasteiger partial charge in [-0.15, -0.1) is 0 Å². The third kappa shape index (κ3) is 4.07. The summed E-state index contributed by atoms with van der Waals surface area (Å²) >= 11 is 0. The van der Waals surface area contributed by atoms with Crippen molar-refractivity contribution in [2.75, 3.05) is 13.1 Å². The lowest BCUT2D eigenvalue weighted by molar-refractivity contribution is 0.161. The normalized spacial score (nSPS) is 29.3. The lowest BCUT2D eigenvalue weighted by Crippen LogP contribution is -2.49. The minimum absolute atomic E-state index is 0.226. The van der Waals surface area contributed by atoms with Gasteiger partial charge in [0.2, 0.25) is 0 Å². The van der Waals surface area contributed by atoms with E-state index < -0.39 is 0 Å². The van der Waals surface area contributed by atoms with Crippen molar-refractivity contribution >= 4 is 0 Å². The van der Waals surface area contributed by atoms with Crippen LogP contribution in [-0.2, 0) is 6.54 Å². The lowest BCUT2D eigenvalue weighted by Gasteiger charge is -2.34. The standard InChI is InChI=1S/C17H32N4/c1-6-14(3)21-11-9-16(19-21)12-20-13-17(5,7-2)18-10-8-15(20)4/h9,11,14-15,18H,6-8,10,12-13H2,1-5H3. The highest BCUT2D eigenvalue weighted by Crippen LogP contribution is 2.21. The maximum Gasteiger partial charge on any atom is 0.0765 e. The van der Waals surface area contributed by atoms with E-state index in [1.807, 2.05) is 0 Å². The molecule has 0 aromatic carbocycles. The topological polar surface area (TPSA) is 33.1 Å². The van der Waals surface area contributed by atoms with Crippen molar-refractivity contribution in [2.45, 2.75) is 78.0 Å². The van der Waals surface area contributed by atoms with Crippen molar-refractivity contribution in [2.24, 2.45) is 0 Å². The second kappa shape index (κ2) is 6.93. The molecule has 21 heavy (non-hydrogen) atoms. The molecule has 1 N–H and O–H groups in total. The number of nitrogens with zero attached hydrogens (tertiary/aromatic N) is 3. The summed E-state index contributed by atoms with van der Waals surface area (Å²) in [6.45, 7) is 14.6. The quantitative estimate of drug-likeness (QED) is 0.904. The molecule has 0 saturated carbocycles. The van der Waals surface area contributed by atoms with Crippen LogP contribution >= 0.6 is 0 Å². The molecule has 1 aromatic heterocycles. The smallest absolute Gasteiger partial charge is 0.0765 e. The van der Waals surface area contributed by atoms with Crippen LogP contribution in [-0.4, -0.2) is 39.4 Å². The van der Waals surface area contributed by atoms with Crippen molar-refractivity contribution in [3.05, 3.63) is 18.0 Å². The van der Waals surface area contributed by atoms with Gasteiger partial charge in [0.15, 0.2) is 0 Å². The zero-order valence-corrected chi connectivity index (χ0v) is 14.4. The van der Waals surface area contributed by atoms with Crippen molar-refractivity contribution in [1.82, 2.24) is 20.0 Å². The average Bonchev–Trinajstić information content (AvgIpc) is 2.88. The lowest BCUT2D eigenvalue weighted by atomic mass is 9.98. The molecule has 2 heterocycles. The van der Waals surface area contributed by atoms with E-state index in [0.29, 0.717) is 12.1 Å². The molecule has 1 aliphatic rings. The highest BCUT2D eigenvalue weighted by Gasteiger charge is 2.30. The second-order valence-corrected chi connectivity index (χ2v) is 6.93. The molecule has 0 bridgehead atoms. The van der Waals surface area contributed by atoms with E-state index in [-0.39, 0.29) is 5.54 Å². The Balaban J connectivity index is 2.07. The van der Waals surface area contributed by atoms with Crippen LogP contribution in [0, 0.1) is 0 Å². The molecule has 0 radical (unpaired) electrons. The Hall–Kier alpha value is -0.870. The van der Waals surface area contributed by atoms with Gasteiger partial charge in [-0.1, -0.05) is 13.8 Å². The molecule has 2 rings (SSSR count). The zero-order chi connectivity index (χ0) is 15.5. The first-order valence-electron chi connectivity index (χ1n) is 8.50. The van der Waals surface area contributed by atoms with Crippen LogP contribution in [0.4, 0.5) is 0 Å². The third-order valence-electron chi connectivity index (χ3n) is 5.14. The fourth-order valence-corrected chi connectivity index (χ4v) is 2.98. The Morgan fingerprint density at radius 1 is 1.48 bits per heavy atom. The summed E-state index contributed by atoms with van der Waals surface area (Å²) in [5.41, 5.74) is 1.42. The first-order valence-corrected chi connectivity index (χ1v) is 8.50. The molecule has 1 aromatic rings. The predicted molar refractivity (Wildman–Crippen MR) is 88.4 cm³/mol. The third-order valence-corrected chi connectivity index (χ3v) is 5.14. The zero-order valence-electron chi connectivity index (χ0n) is 14.4. The highest BCUT2D eigenvalue weighted by atomic mass is 15.3. The Morgan fingerprint density at radius 2 is 2.24 bits per heavy atom. The molecule has 1 fully saturated rings. The Morgan fingerprint density at radius 3 is 2.90 bits per heavy atom. The van der Waals surface area contributed by atoms with Gasteiger partial charge in [0.25, 0.3) is 0 Å². The van der Waals surface area contributed by atoms with Gasteiger partial charge >= 0.3 is 0 Å². The van der Waals surface area contributed by atoms with Gasteiger partial charge in [-0.05, 0) is 52.6 Å². The summed E-state index contributed by atoms with van der Waals surface area (Å²) in [6, 6.07) is 3.28. The Labute approximate surface area is 129 Å². The van der Waals surface area contributed by atoms with Crippen LogP contribution < -0.4 is 5.32 Å². The van der Waals surface area contributed by atoms with Gasteiger partial charge in [0.05, 0.1) is 5.69 Å². The average molecular weight is 292 g/mol. The fraction of sp³-hybridized carbons (Fsp3) is 0.824. The van der Waals surface area contributed by atoms with Crippen molar-refractivity contribution in [1.29, 1.82) is 0 Å². The second-order valence-electron chi connectivity index (χ2n) is 6.93. The largest absolute Gasteiger partial charge is 0.310 e. The monoisotopic (exact) mass is 292 g/mol. The van der Waals surface area contributed by atoms with E-state index >= 15 is 0 Å². The highest BCUT2D eigenvalue weighted by molar-refractivity contribution is 5.01. The van der Waals surface area contributed by atoms with E-state index in [2.05, 4.69) is 61.8 Å². The molecule has 1 saturated heterocycles. The van der Waals surface area contributed by atoms with Crippen molar-refractivity contribution in [3.8, 4) is 0 Å². The molecule has 0 aliphatic carbocycles. The van der Waals surface area contributed by atoms with Crippen LogP contribution in [0.5, 0.6) is 0 Å². The minimum Gasteiger partial charge on any atom is -0.310 e. The number of nitrogens with one attached hydrogen (secondary N) is 1. The van der Waals surface area contributed by atoms with E-state index in [9.17, 15) is 0 Å². The van der Waals surface area contributed by atoms with Crippen molar-refractivity contribution in [3.63, 3.8) is 0 Å². The van der Waals surface area contributed by atoms with Crippen LogP contribution in [0.3, 0.4) is 0 Å². The Bertz CT molecular complexity index is 442. The van der Waals surface area contributed by atoms with Gasteiger partial charge in [-0.2, -0.15) is 5.10 Å². The molecule has 1 aliphatic heterocycles. The minimum atomic E-state index is 0.226. The molecular formula is C17H32N4. The molecule has 3 unspecified atom stereocenters. The molecule has 0 amide bonds. The van der Waals surface area contributed by atoms with Crippen LogP contribution in [0.1, 0.15) is 65.6 Å². The van der Waals surface area contributed by atoms with Gasteiger partial charge < -0.3 is 5.32 Å². The molecule has 4 heteroatoms. The number of hydrogen-bond acceptors (Lipinski definition) is 3. The number of aromatic nitrogens is 2. The molecule has 4 nitrogen and oxygen atoms in total. The van der Waals surface area contributed by atoms with Gasteiger partial charge in [-0.3, -0.25) is 9.58 Å². The first-order chi connectivity index (χ1) is 9.97.